The second-order valence-electron chi connectivity index (χ2n) is 5.63. The maximum Gasteiger partial charge on any atom is 0.297 e. The second kappa shape index (κ2) is 5.76. The Morgan fingerprint density at radius 3 is 2.36 bits per heavy atom. The number of benzene rings is 2. The van der Waals surface area contributed by atoms with Crippen LogP contribution in [0.25, 0.3) is 0 Å². The van der Waals surface area contributed by atoms with E-state index in [0.717, 1.165) is 23.1 Å². The molecule has 1 amide bonds. The third kappa shape index (κ3) is 2.43. The van der Waals surface area contributed by atoms with Gasteiger partial charge in [0.05, 0.1) is 0 Å². The summed E-state index contributed by atoms with van der Waals surface area (Å²) in [5.41, 5.74) is 1.90. The molecular formula is C19H19NO2. The van der Waals surface area contributed by atoms with E-state index in [0.29, 0.717) is 12.3 Å². The van der Waals surface area contributed by atoms with Crippen LogP contribution < -0.4 is 0 Å². The summed E-state index contributed by atoms with van der Waals surface area (Å²) in [5.74, 6) is 0.207. The Balaban J connectivity index is 1.98. The van der Waals surface area contributed by atoms with Crippen LogP contribution in [-0.2, 0) is 15.1 Å². The van der Waals surface area contributed by atoms with E-state index in [1.54, 1.807) is 0 Å². The molecular weight excluding hydrogens is 274 g/mol. The van der Waals surface area contributed by atoms with Crippen molar-refractivity contribution in [1.29, 1.82) is 0 Å². The first kappa shape index (κ1) is 14.5. The normalized spacial score (nSPS) is 20.6. The highest BCUT2D eigenvalue weighted by atomic mass is 16.5. The molecule has 22 heavy (non-hydrogen) atoms. The Morgan fingerprint density at radius 2 is 1.73 bits per heavy atom. The van der Waals surface area contributed by atoms with Gasteiger partial charge in [0.2, 0.25) is 11.5 Å². The maximum atomic E-state index is 12.6. The summed E-state index contributed by atoms with van der Waals surface area (Å²) >= 11 is 0. The Kier molecular flexibility index (Phi) is 3.80. The third-order valence-electron chi connectivity index (χ3n) is 3.96. The van der Waals surface area contributed by atoms with Gasteiger partial charge in [-0.2, -0.15) is 4.99 Å². The molecule has 0 unspecified atom stereocenters. The van der Waals surface area contributed by atoms with Crippen molar-refractivity contribution in [3.8, 4) is 0 Å². The molecule has 0 radical (unpaired) electrons. The van der Waals surface area contributed by atoms with Gasteiger partial charge in [0.25, 0.3) is 5.91 Å². The zero-order valence-electron chi connectivity index (χ0n) is 12.9. The van der Waals surface area contributed by atoms with Crippen molar-refractivity contribution < 1.29 is 9.53 Å². The summed E-state index contributed by atoms with van der Waals surface area (Å²) in [6.07, 6.45) is 1.46. The van der Waals surface area contributed by atoms with Gasteiger partial charge in [-0.1, -0.05) is 61.4 Å². The molecule has 2 aromatic rings. The first-order valence-corrected chi connectivity index (χ1v) is 7.60. The minimum absolute atomic E-state index is 0.212. The highest BCUT2D eigenvalue weighted by molar-refractivity contribution is 6.09. The van der Waals surface area contributed by atoms with Gasteiger partial charge in [0, 0.05) is 17.5 Å². The van der Waals surface area contributed by atoms with E-state index in [-0.39, 0.29) is 5.91 Å². The standard InChI is InChI=1S/C19H19NO2/c1-3-13-19(16-7-5-4-6-8-16)18(21)20-17(22-19)15-11-9-14(2)10-12-15/h4-12H,3,13H2,1-2H3/t19-/m1/s1. The number of hydrogen-bond acceptors (Lipinski definition) is 2. The first-order chi connectivity index (χ1) is 10.7. The van der Waals surface area contributed by atoms with Crippen LogP contribution in [0.5, 0.6) is 0 Å². The molecule has 0 spiro atoms. The van der Waals surface area contributed by atoms with E-state index in [1.165, 1.54) is 0 Å². The monoisotopic (exact) mass is 293 g/mol. The highest BCUT2D eigenvalue weighted by Gasteiger charge is 2.47. The third-order valence-corrected chi connectivity index (χ3v) is 3.96. The van der Waals surface area contributed by atoms with E-state index >= 15 is 0 Å². The van der Waals surface area contributed by atoms with Crippen LogP contribution in [0.15, 0.2) is 59.6 Å². The average Bonchev–Trinajstić information content (AvgIpc) is 2.87. The lowest BCUT2D eigenvalue weighted by atomic mass is 9.88. The molecule has 1 aliphatic rings. The summed E-state index contributed by atoms with van der Waals surface area (Å²) in [7, 11) is 0. The molecule has 1 aliphatic heterocycles. The van der Waals surface area contributed by atoms with Gasteiger partial charge in [-0.05, 0) is 19.1 Å². The van der Waals surface area contributed by atoms with Crippen LogP contribution in [0.2, 0.25) is 0 Å². The van der Waals surface area contributed by atoms with Gasteiger partial charge >= 0.3 is 0 Å². The number of carbonyl (C=O) groups is 1. The van der Waals surface area contributed by atoms with Crippen LogP contribution in [0.1, 0.15) is 36.5 Å². The average molecular weight is 293 g/mol. The van der Waals surface area contributed by atoms with Crippen LogP contribution in [0, 0.1) is 6.92 Å². The number of aryl methyl sites for hydroxylation is 1. The van der Waals surface area contributed by atoms with E-state index in [4.69, 9.17) is 4.74 Å². The van der Waals surface area contributed by atoms with Crippen molar-refractivity contribution in [2.75, 3.05) is 0 Å². The summed E-state index contributed by atoms with van der Waals surface area (Å²) in [6.45, 7) is 4.07. The molecule has 0 fully saturated rings. The molecule has 0 bridgehead atoms. The summed E-state index contributed by atoms with van der Waals surface area (Å²) in [5, 5.41) is 0. The molecule has 3 heteroatoms. The van der Waals surface area contributed by atoms with Crippen LogP contribution in [0.4, 0.5) is 0 Å². The maximum absolute atomic E-state index is 12.6. The van der Waals surface area contributed by atoms with Gasteiger partial charge < -0.3 is 4.74 Å². The molecule has 0 aliphatic carbocycles. The Hall–Kier alpha value is -2.42. The smallest absolute Gasteiger partial charge is 0.297 e. The fourth-order valence-corrected chi connectivity index (χ4v) is 2.78. The Morgan fingerprint density at radius 1 is 1.05 bits per heavy atom. The van der Waals surface area contributed by atoms with Gasteiger partial charge in [0.1, 0.15) is 0 Å². The molecule has 0 saturated carbocycles. The number of aliphatic imine (C=N–C) groups is 1. The molecule has 0 aromatic heterocycles. The van der Waals surface area contributed by atoms with Gasteiger partial charge in [-0.25, -0.2) is 0 Å². The minimum Gasteiger partial charge on any atom is -0.455 e. The van der Waals surface area contributed by atoms with Crippen molar-refractivity contribution in [3.05, 3.63) is 71.3 Å². The van der Waals surface area contributed by atoms with Crippen molar-refractivity contribution in [2.24, 2.45) is 4.99 Å². The Bertz CT molecular complexity index is 704. The number of hydrogen-bond donors (Lipinski definition) is 0. The minimum atomic E-state index is -0.976. The number of ether oxygens (including phenoxy) is 1. The Labute approximate surface area is 130 Å². The van der Waals surface area contributed by atoms with E-state index < -0.39 is 5.60 Å². The first-order valence-electron chi connectivity index (χ1n) is 7.60. The molecule has 1 heterocycles. The van der Waals surface area contributed by atoms with Crippen molar-refractivity contribution >= 4 is 11.8 Å². The summed E-state index contributed by atoms with van der Waals surface area (Å²) in [6, 6.07) is 17.5. The topological polar surface area (TPSA) is 38.7 Å². The van der Waals surface area contributed by atoms with E-state index in [9.17, 15) is 4.79 Å². The van der Waals surface area contributed by atoms with Crippen LogP contribution in [-0.4, -0.2) is 11.8 Å². The van der Waals surface area contributed by atoms with Gasteiger partial charge in [-0.15, -0.1) is 0 Å². The zero-order valence-corrected chi connectivity index (χ0v) is 12.9. The highest BCUT2D eigenvalue weighted by Crippen LogP contribution is 2.37. The molecule has 112 valence electrons. The summed E-state index contributed by atoms with van der Waals surface area (Å²) in [4.78, 5) is 16.8. The largest absolute Gasteiger partial charge is 0.455 e. The van der Waals surface area contributed by atoms with Crippen molar-refractivity contribution in [2.45, 2.75) is 32.3 Å². The molecule has 0 N–H and O–H groups in total. The lowest BCUT2D eigenvalue weighted by molar-refractivity contribution is -0.132. The molecule has 3 rings (SSSR count). The van der Waals surface area contributed by atoms with E-state index in [1.807, 2.05) is 68.4 Å². The molecule has 0 saturated heterocycles. The van der Waals surface area contributed by atoms with Crippen LogP contribution in [0.3, 0.4) is 0 Å². The SMILES string of the molecule is CCC[C@]1(c2ccccc2)OC(c2ccc(C)cc2)=NC1=O. The van der Waals surface area contributed by atoms with Crippen molar-refractivity contribution in [3.63, 3.8) is 0 Å². The van der Waals surface area contributed by atoms with Crippen LogP contribution >= 0.6 is 0 Å². The fourth-order valence-electron chi connectivity index (χ4n) is 2.78. The predicted molar refractivity (Wildman–Crippen MR) is 86.8 cm³/mol. The number of rotatable bonds is 4. The van der Waals surface area contributed by atoms with Crippen molar-refractivity contribution in [1.82, 2.24) is 0 Å². The predicted octanol–water partition coefficient (Wildman–Crippen LogP) is 3.99. The number of carbonyl (C=O) groups excluding carboxylic acids is 1. The lowest BCUT2D eigenvalue weighted by Gasteiger charge is -2.26. The second-order valence-corrected chi connectivity index (χ2v) is 5.63. The number of nitrogens with zero attached hydrogens (tertiary/aromatic N) is 1. The molecule has 2 aromatic carbocycles. The molecule has 3 nitrogen and oxygen atoms in total. The summed E-state index contributed by atoms with van der Waals surface area (Å²) < 4.78 is 6.11. The quantitative estimate of drug-likeness (QED) is 0.854. The van der Waals surface area contributed by atoms with Gasteiger partial charge in [0.15, 0.2) is 0 Å². The lowest BCUT2D eigenvalue weighted by Crippen LogP contribution is -2.34. The van der Waals surface area contributed by atoms with E-state index in [2.05, 4.69) is 4.99 Å². The zero-order chi connectivity index (χ0) is 15.6. The van der Waals surface area contributed by atoms with Gasteiger partial charge in [-0.3, -0.25) is 4.79 Å². The number of amides is 1. The molecule has 1 atom stereocenters. The fraction of sp³-hybridized carbons (Fsp3) is 0.263.